The average molecular weight is 349 g/mol. The first kappa shape index (κ1) is 17.7. The summed E-state index contributed by atoms with van der Waals surface area (Å²) in [5.74, 6) is -0.514. The van der Waals surface area contributed by atoms with Gasteiger partial charge in [0.05, 0.1) is 6.54 Å². The molecule has 0 unspecified atom stereocenters. The maximum Gasteiger partial charge on any atom is 0.247 e. The molecule has 0 saturated carbocycles. The minimum atomic E-state index is -0.339. The lowest BCUT2D eigenvalue weighted by Crippen LogP contribution is -2.31. The first-order valence-corrected chi connectivity index (χ1v) is 8.55. The maximum atomic E-state index is 14.6. The zero-order valence-electron chi connectivity index (χ0n) is 14.6. The fourth-order valence-electron chi connectivity index (χ4n) is 2.65. The molecular weight excluding hydrogens is 329 g/mol. The maximum absolute atomic E-state index is 14.6. The van der Waals surface area contributed by atoms with E-state index in [-0.39, 0.29) is 18.3 Å². The molecule has 0 radical (unpaired) electrons. The van der Waals surface area contributed by atoms with Crippen molar-refractivity contribution >= 4 is 12.1 Å². The third-order valence-corrected chi connectivity index (χ3v) is 4.18. The molecule has 0 atom stereocenters. The number of pyridine rings is 1. The largest absolute Gasteiger partial charge is 0.329 e. The first-order valence-electron chi connectivity index (χ1n) is 8.55. The van der Waals surface area contributed by atoms with Crippen LogP contribution in [0.1, 0.15) is 18.2 Å². The van der Waals surface area contributed by atoms with Crippen molar-refractivity contribution in [2.24, 2.45) is 4.99 Å². The van der Waals surface area contributed by atoms with Gasteiger partial charge in [-0.15, -0.1) is 0 Å². The van der Waals surface area contributed by atoms with Gasteiger partial charge in [0.1, 0.15) is 5.82 Å². The van der Waals surface area contributed by atoms with Crippen LogP contribution in [0.25, 0.3) is 11.1 Å². The molecule has 3 rings (SSSR count). The predicted octanol–water partition coefficient (Wildman–Crippen LogP) is 3.93. The number of aryl methyl sites for hydroxylation is 1. The number of allylic oxidation sites excluding steroid dienone is 2. The number of aromatic nitrogens is 1. The normalized spacial score (nSPS) is 17.9. The molecule has 4 nitrogen and oxygen atoms in total. The molecule has 1 aliphatic heterocycles. The Hall–Kier alpha value is -3.08. The van der Waals surface area contributed by atoms with E-state index in [2.05, 4.69) is 9.98 Å². The van der Waals surface area contributed by atoms with Gasteiger partial charge in [0, 0.05) is 48.1 Å². The second-order valence-electron chi connectivity index (χ2n) is 5.95. The second-order valence-corrected chi connectivity index (χ2v) is 5.95. The molecule has 1 aromatic heterocycles. The fraction of sp³-hybridized carbons (Fsp3) is 0.190. The van der Waals surface area contributed by atoms with E-state index in [4.69, 9.17) is 0 Å². The number of hydrogen-bond acceptors (Lipinski definition) is 3. The second kappa shape index (κ2) is 8.34. The lowest BCUT2D eigenvalue weighted by molar-refractivity contribution is -0.125. The summed E-state index contributed by atoms with van der Waals surface area (Å²) < 4.78 is 14.6. The van der Waals surface area contributed by atoms with Crippen LogP contribution in [0.15, 0.2) is 65.9 Å². The monoisotopic (exact) mass is 349 g/mol. The van der Waals surface area contributed by atoms with Crippen LogP contribution in [-0.4, -0.2) is 28.6 Å². The van der Waals surface area contributed by atoms with Crippen LogP contribution in [0.2, 0.25) is 0 Å². The SMILES string of the molecule is CCc1ccc(-c2ccc(CN3C/C=N/C=C\C=C\C3=O)c(F)c2)cn1. The molecule has 26 heavy (non-hydrogen) atoms. The summed E-state index contributed by atoms with van der Waals surface area (Å²) in [4.78, 5) is 22.2. The number of halogens is 1. The van der Waals surface area contributed by atoms with Crippen molar-refractivity contribution in [1.82, 2.24) is 9.88 Å². The topological polar surface area (TPSA) is 45.6 Å². The molecule has 5 heteroatoms. The van der Waals surface area contributed by atoms with Crippen LogP contribution >= 0.6 is 0 Å². The minimum Gasteiger partial charge on any atom is -0.329 e. The lowest BCUT2D eigenvalue weighted by Gasteiger charge is -2.19. The van der Waals surface area contributed by atoms with Crippen molar-refractivity contribution in [3.63, 3.8) is 0 Å². The third kappa shape index (κ3) is 4.30. The number of nitrogens with zero attached hydrogens (tertiary/aromatic N) is 3. The van der Waals surface area contributed by atoms with E-state index in [9.17, 15) is 9.18 Å². The zero-order valence-corrected chi connectivity index (χ0v) is 14.6. The van der Waals surface area contributed by atoms with E-state index in [0.717, 1.165) is 23.2 Å². The fourth-order valence-corrected chi connectivity index (χ4v) is 2.65. The quantitative estimate of drug-likeness (QED) is 0.839. The Balaban J connectivity index is 1.79. The van der Waals surface area contributed by atoms with E-state index in [1.807, 2.05) is 25.1 Å². The molecule has 0 saturated heterocycles. The van der Waals surface area contributed by atoms with E-state index < -0.39 is 0 Å². The Kier molecular flexibility index (Phi) is 5.69. The number of aliphatic imine (C=N–C) groups is 1. The number of carbonyl (C=O) groups is 1. The molecule has 2 heterocycles. The van der Waals surface area contributed by atoms with Gasteiger partial charge in [-0.3, -0.25) is 14.8 Å². The molecule has 0 fully saturated rings. The van der Waals surface area contributed by atoms with Gasteiger partial charge in [-0.1, -0.05) is 31.2 Å². The molecule has 0 N–H and O–H groups in total. The number of hydrogen-bond donors (Lipinski definition) is 0. The van der Waals surface area contributed by atoms with Gasteiger partial charge < -0.3 is 4.90 Å². The summed E-state index contributed by atoms with van der Waals surface area (Å²) in [5, 5.41) is 0. The van der Waals surface area contributed by atoms with Gasteiger partial charge in [-0.2, -0.15) is 0 Å². The molecule has 1 aliphatic rings. The molecule has 0 aliphatic carbocycles. The Morgan fingerprint density at radius 2 is 2.00 bits per heavy atom. The van der Waals surface area contributed by atoms with Gasteiger partial charge >= 0.3 is 0 Å². The van der Waals surface area contributed by atoms with Crippen LogP contribution in [0.5, 0.6) is 0 Å². The molecular formula is C21H20FN3O. The van der Waals surface area contributed by atoms with Gasteiger partial charge in [0.15, 0.2) is 0 Å². The molecule has 1 amide bonds. The van der Waals surface area contributed by atoms with Crippen LogP contribution in [0.4, 0.5) is 4.39 Å². The van der Waals surface area contributed by atoms with Crippen molar-refractivity contribution in [2.75, 3.05) is 6.54 Å². The van der Waals surface area contributed by atoms with E-state index in [0.29, 0.717) is 12.1 Å². The smallest absolute Gasteiger partial charge is 0.247 e. The highest BCUT2D eigenvalue weighted by Crippen LogP contribution is 2.22. The highest BCUT2D eigenvalue weighted by Gasteiger charge is 2.14. The van der Waals surface area contributed by atoms with Crippen molar-refractivity contribution in [3.8, 4) is 11.1 Å². The molecule has 0 spiro atoms. The number of rotatable bonds is 4. The molecule has 132 valence electrons. The summed E-state index contributed by atoms with van der Waals surface area (Å²) in [6.07, 6.45) is 10.6. The van der Waals surface area contributed by atoms with Crippen LogP contribution in [-0.2, 0) is 17.8 Å². The highest BCUT2D eigenvalue weighted by molar-refractivity contribution is 5.89. The number of benzene rings is 1. The van der Waals surface area contributed by atoms with Gasteiger partial charge in [-0.05, 0) is 30.2 Å². The Morgan fingerprint density at radius 1 is 1.15 bits per heavy atom. The summed E-state index contributed by atoms with van der Waals surface area (Å²) in [7, 11) is 0. The molecule has 1 aromatic carbocycles. The third-order valence-electron chi connectivity index (χ3n) is 4.18. The predicted molar refractivity (Wildman–Crippen MR) is 101 cm³/mol. The van der Waals surface area contributed by atoms with Gasteiger partial charge in [0.25, 0.3) is 0 Å². The lowest BCUT2D eigenvalue weighted by atomic mass is 10.0. The van der Waals surface area contributed by atoms with E-state index in [1.54, 1.807) is 41.7 Å². The van der Waals surface area contributed by atoms with E-state index >= 15 is 0 Å². The summed E-state index contributed by atoms with van der Waals surface area (Å²) in [6, 6.07) is 8.96. The average Bonchev–Trinajstić information content (AvgIpc) is 2.76. The number of amides is 1. The van der Waals surface area contributed by atoms with Gasteiger partial charge in [-0.25, -0.2) is 4.39 Å². The number of carbonyl (C=O) groups excluding carboxylic acids is 1. The van der Waals surface area contributed by atoms with Crippen LogP contribution < -0.4 is 0 Å². The van der Waals surface area contributed by atoms with Crippen LogP contribution in [0.3, 0.4) is 0 Å². The first-order chi connectivity index (χ1) is 12.7. The highest BCUT2D eigenvalue weighted by atomic mass is 19.1. The van der Waals surface area contributed by atoms with Gasteiger partial charge in [0.2, 0.25) is 5.91 Å². The van der Waals surface area contributed by atoms with Crippen molar-refractivity contribution in [1.29, 1.82) is 0 Å². The standard InChI is InChI=1S/C21H20FN3O/c1-2-19-9-8-17(14-24-19)16-6-7-18(20(22)13-16)15-25-12-11-23-10-4-3-5-21(25)26/h3-11,13-14H,2,12,15H2,1H3/b5-3+,10-4-,23-11+. The Morgan fingerprint density at radius 3 is 2.73 bits per heavy atom. The Bertz CT molecular complexity index is 869. The van der Waals surface area contributed by atoms with Crippen LogP contribution in [0, 0.1) is 5.82 Å². The van der Waals surface area contributed by atoms with Crippen molar-refractivity contribution in [2.45, 2.75) is 19.9 Å². The molecule has 2 aromatic rings. The van der Waals surface area contributed by atoms with E-state index in [1.165, 1.54) is 12.1 Å². The summed E-state index contributed by atoms with van der Waals surface area (Å²) in [6.45, 7) is 2.56. The van der Waals surface area contributed by atoms with Crippen molar-refractivity contribution < 1.29 is 9.18 Å². The summed E-state index contributed by atoms with van der Waals surface area (Å²) >= 11 is 0. The minimum absolute atomic E-state index is 0.175. The Labute approximate surface area is 152 Å². The summed E-state index contributed by atoms with van der Waals surface area (Å²) in [5.41, 5.74) is 3.10. The zero-order chi connectivity index (χ0) is 18.4. The molecule has 0 bridgehead atoms. The van der Waals surface area contributed by atoms with Crippen molar-refractivity contribution in [3.05, 3.63) is 78.0 Å².